The molecule has 0 aliphatic heterocycles. The van der Waals surface area contributed by atoms with Gasteiger partial charge in [0.1, 0.15) is 5.82 Å². The molecule has 3 aromatic carbocycles. The number of carbonyl (C=O) groups is 1. The molecule has 1 amide bonds. The van der Waals surface area contributed by atoms with E-state index < -0.39 is 0 Å². The maximum absolute atomic E-state index is 13.5. The van der Waals surface area contributed by atoms with E-state index in [-0.39, 0.29) is 24.1 Å². The summed E-state index contributed by atoms with van der Waals surface area (Å²) in [6, 6.07) is 21.0. The van der Waals surface area contributed by atoms with Gasteiger partial charge in [-0.15, -0.1) is 12.4 Å². The predicted molar refractivity (Wildman–Crippen MR) is 137 cm³/mol. The highest BCUT2D eigenvalue weighted by Crippen LogP contribution is 2.47. The molecule has 1 N–H and O–H groups in total. The normalized spacial score (nSPS) is 17.1. The largest absolute Gasteiger partial charge is 0.352 e. The lowest BCUT2D eigenvalue weighted by Gasteiger charge is -2.22. The Balaban J connectivity index is 0.00000306. The first kappa shape index (κ1) is 25.2. The number of hydrogen-bond acceptors (Lipinski definition) is 2. The zero-order chi connectivity index (χ0) is 22.3. The third-order valence-corrected chi connectivity index (χ3v) is 6.43. The van der Waals surface area contributed by atoms with E-state index in [1.165, 1.54) is 6.07 Å². The summed E-state index contributed by atoms with van der Waals surface area (Å²) in [4.78, 5) is 15.0. The highest BCUT2D eigenvalue weighted by molar-refractivity contribution is 5.98. The van der Waals surface area contributed by atoms with Crippen LogP contribution in [-0.2, 0) is 0 Å². The van der Waals surface area contributed by atoms with Crippen molar-refractivity contribution in [3.8, 4) is 0 Å². The molecule has 0 radical (unpaired) electrons. The van der Waals surface area contributed by atoms with Crippen LogP contribution in [0.5, 0.6) is 0 Å². The molecule has 176 valence electrons. The SMILES string of the molecule is CCCN(CCCCNC(=O)c1ccc2ccccc2c1)CC1CC1c1cccc(F)c1.Cl. The van der Waals surface area contributed by atoms with Gasteiger partial charge in [0.15, 0.2) is 0 Å². The van der Waals surface area contributed by atoms with Crippen LogP contribution in [0.25, 0.3) is 10.8 Å². The summed E-state index contributed by atoms with van der Waals surface area (Å²) in [6.07, 6.45) is 4.33. The third-order valence-electron chi connectivity index (χ3n) is 6.43. The maximum atomic E-state index is 13.5. The van der Waals surface area contributed by atoms with Crippen molar-refractivity contribution in [3.63, 3.8) is 0 Å². The molecule has 2 unspecified atom stereocenters. The van der Waals surface area contributed by atoms with Crippen LogP contribution in [-0.4, -0.2) is 37.0 Å². The van der Waals surface area contributed by atoms with Crippen LogP contribution in [0.3, 0.4) is 0 Å². The zero-order valence-electron chi connectivity index (χ0n) is 19.3. The lowest BCUT2D eigenvalue weighted by molar-refractivity contribution is 0.0952. The molecular formula is C28H34ClFN2O. The van der Waals surface area contributed by atoms with Crippen LogP contribution in [0.15, 0.2) is 66.7 Å². The van der Waals surface area contributed by atoms with Gasteiger partial charge >= 0.3 is 0 Å². The number of nitrogens with one attached hydrogen (secondary N) is 1. The third kappa shape index (κ3) is 7.02. The molecule has 0 aromatic heterocycles. The van der Waals surface area contributed by atoms with Gasteiger partial charge in [0.25, 0.3) is 5.91 Å². The molecule has 0 heterocycles. The first-order valence-corrected chi connectivity index (χ1v) is 11.9. The van der Waals surface area contributed by atoms with E-state index in [1.54, 1.807) is 6.07 Å². The van der Waals surface area contributed by atoms with Crippen LogP contribution in [0, 0.1) is 11.7 Å². The Labute approximate surface area is 202 Å². The smallest absolute Gasteiger partial charge is 0.251 e. The van der Waals surface area contributed by atoms with Crippen molar-refractivity contribution in [2.24, 2.45) is 5.92 Å². The van der Waals surface area contributed by atoms with E-state index in [4.69, 9.17) is 0 Å². The monoisotopic (exact) mass is 468 g/mol. The maximum Gasteiger partial charge on any atom is 0.251 e. The molecule has 3 nitrogen and oxygen atoms in total. The first-order valence-electron chi connectivity index (χ1n) is 11.9. The van der Waals surface area contributed by atoms with E-state index in [1.807, 2.05) is 42.5 Å². The highest BCUT2D eigenvalue weighted by atomic mass is 35.5. The summed E-state index contributed by atoms with van der Waals surface area (Å²) < 4.78 is 13.5. The average molecular weight is 469 g/mol. The topological polar surface area (TPSA) is 32.3 Å². The minimum atomic E-state index is -0.135. The number of hydrogen-bond donors (Lipinski definition) is 1. The Morgan fingerprint density at radius 3 is 2.61 bits per heavy atom. The number of carbonyl (C=O) groups excluding carboxylic acids is 1. The van der Waals surface area contributed by atoms with Crippen LogP contribution in [0.1, 0.15) is 54.4 Å². The molecule has 4 rings (SSSR count). The number of unbranched alkanes of at least 4 members (excludes halogenated alkanes) is 1. The van der Waals surface area contributed by atoms with Crippen molar-refractivity contribution in [1.82, 2.24) is 10.2 Å². The highest BCUT2D eigenvalue weighted by Gasteiger charge is 2.39. The van der Waals surface area contributed by atoms with Gasteiger partial charge in [0.05, 0.1) is 0 Å². The second kappa shape index (κ2) is 12.2. The van der Waals surface area contributed by atoms with Gasteiger partial charge in [0.2, 0.25) is 0 Å². The van der Waals surface area contributed by atoms with E-state index in [9.17, 15) is 9.18 Å². The van der Waals surface area contributed by atoms with Gasteiger partial charge in [-0.1, -0.05) is 49.4 Å². The number of amides is 1. The predicted octanol–water partition coefficient (Wildman–Crippen LogP) is 6.43. The Bertz CT molecular complexity index is 1060. The lowest BCUT2D eigenvalue weighted by Crippen LogP contribution is -2.29. The lowest BCUT2D eigenvalue weighted by atomic mass is 10.1. The number of benzene rings is 3. The summed E-state index contributed by atoms with van der Waals surface area (Å²) in [6.45, 7) is 6.13. The molecule has 5 heteroatoms. The van der Waals surface area contributed by atoms with Gasteiger partial charge < -0.3 is 10.2 Å². The second-order valence-electron chi connectivity index (χ2n) is 8.98. The minimum Gasteiger partial charge on any atom is -0.352 e. The fourth-order valence-electron chi connectivity index (χ4n) is 4.63. The molecule has 2 atom stereocenters. The fourth-order valence-corrected chi connectivity index (χ4v) is 4.63. The quantitative estimate of drug-likeness (QED) is 0.329. The second-order valence-corrected chi connectivity index (χ2v) is 8.98. The zero-order valence-corrected chi connectivity index (χ0v) is 20.1. The Morgan fingerprint density at radius 2 is 1.82 bits per heavy atom. The molecule has 33 heavy (non-hydrogen) atoms. The van der Waals surface area contributed by atoms with Crippen LogP contribution in [0.4, 0.5) is 4.39 Å². The fraction of sp³-hybridized carbons (Fsp3) is 0.393. The van der Waals surface area contributed by atoms with E-state index in [2.05, 4.69) is 29.3 Å². The molecule has 1 fully saturated rings. The molecule has 1 aliphatic carbocycles. The molecule has 1 saturated carbocycles. The Morgan fingerprint density at radius 1 is 1.00 bits per heavy atom. The molecule has 0 saturated heterocycles. The first-order chi connectivity index (χ1) is 15.6. The van der Waals surface area contributed by atoms with Crippen molar-refractivity contribution < 1.29 is 9.18 Å². The summed E-state index contributed by atoms with van der Waals surface area (Å²) in [5.41, 5.74) is 1.86. The van der Waals surface area contributed by atoms with Crippen molar-refractivity contribution in [2.45, 2.75) is 38.5 Å². The molecule has 0 spiro atoms. The van der Waals surface area contributed by atoms with Crippen molar-refractivity contribution in [2.75, 3.05) is 26.2 Å². The minimum absolute atomic E-state index is 0. The molecule has 0 bridgehead atoms. The Kier molecular flexibility index (Phi) is 9.28. The van der Waals surface area contributed by atoms with E-state index >= 15 is 0 Å². The van der Waals surface area contributed by atoms with E-state index in [0.29, 0.717) is 23.9 Å². The summed E-state index contributed by atoms with van der Waals surface area (Å²) >= 11 is 0. The molecular weight excluding hydrogens is 435 g/mol. The van der Waals surface area contributed by atoms with Gasteiger partial charge in [-0.05, 0) is 91.2 Å². The van der Waals surface area contributed by atoms with Crippen LogP contribution < -0.4 is 5.32 Å². The number of nitrogens with zero attached hydrogens (tertiary/aromatic N) is 1. The number of fused-ring (bicyclic) bond motifs is 1. The van der Waals surface area contributed by atoms with Gasteiger partial charge in [-0.3, -0.25) is 4.79 Å². The number of rotatable bonds is 11. The molecule has 3 aromatic rings. The van der Waals surface area contributed by atoms with Gasteiger partial charge in [0, 0.05) is 18.7 Å². The summed E-state index contributed by atoms with van der Waals surface area (Å²) in [7, 11) is 0. The van der Waals surface area contributed by atoms with Gasteiger partial charge in [-0.25, -0.2) is 4.39 Å². The Hall–Kier alpha value is -2.43. The summed E-state index contributed by atoms with van der Waals surface area (Å²) in [5.74, 6) is 1.00. The van der Waals surface area contributed by atoms with E-state index in [0.717, 1.165) is 61.7 Å². The molecule has 1 aliphatic rings. The standard InChI is InChI=1S/C28H33FN2O.ClH/c1-2-15-31(20-25-19-27(25)23-10-7-11-26(29)18-23)16-6-5-14-30-28(32)24-13-12-21-8-3-4-9-22(21)17-24;/h3-4,7-13,17-18,25,27H,2,5-6,14-16,19-20H2,1H3,(H,30,32);1H. The van der Waals surface area contributed by atoms with Crippen molar-refractivity contribution in [3.05, 3.63) is 83.7 Å². The summed E-state index contributed by atoms with van der Waals surface area (Å²) in [5, 5.41) is 5.30. The van der Waals surface area contributed by atoms with Crippen molar-refractivity contribution in [1.29, 1.82) is 0 Å². The van der Waals surface area contributed by atoms with Crippen LogP contribution in [0.2, 0.25) is 0 Å². The van der Waals surface area contributed by atoms with Gasteiger partial charge in [-0.2, -0.15) is 0 Å². The van der Waals surface area contributed by atoms with Crippen LogP contribution >= 0.6 is 12.4 Å². The average Bonchev–Trinajstić information content (AvgIpc) is 3.57. The number of halogens is 2. The van der Waals surface area contributed by atoms with Crippen molar-refractivity contribution >= 4 is 29.1 Å².